The Morgan fingerprint density at radius 2 is 1.88 bits per heavy atom. The molecule has 1 heterocycles. The Bertz CT molecular complexity index is 204. The normalized spacial score (nSPS) is 25.4. The van der Waals surface area contributed by atoms with Gasteiger partial charge in [0.1, 0.15) is 0 Å². The molecule has 1 fully saturated rings. The fourth-order valence-electron chi connectivity index (χ4n) is 2.84. The van der Waals surface area contributed by atoms with E-state index in [0.29, 0.717) is 18.1 Å². The minimum absolute atomic E-state index is 0.652. The van der Waals surface area contributed by atoms with E-state index in [4.69, 9.17) is 0 Å². The number of likely N-dealkylation sites (N-methyl/N-ethyl adjacent to an activating group) is 1. The van der Waals surface area contributed by atoms with E-state index in [1.165, 1.54) is 32.5 Å². The van der Waals surface area contributed by atoms with Gasteiger partial charge in [-0.1, -0.05) is 13.8 Å². The minimum atomic E-state index is 0.652. The molecule has 102 valence electrons. The molecule has 2 unspecified atom stereocenters. The summed E-state index contributed by atoms with van der Waals surface area (Å²) in [6.45, 7) is 14.0. The van der Waals surface area contributed by atoms with Crippen LogP contribution in [0.3, 0.4) is 0 Å². The molecule has 1 aliphatic heterocycles. The second-order valence-electron chi connectivity index (χ2n) is 5.62. The molecule has 0 radical (unpaired) electrons. The van der Waals surface area contributed by atoms with Crippen LogP contribution in [0.1, 0.15) is 40.5 Å². The Labute approximate surface area is 108 Å². The number of piperazine rings is 1. The van der Waals surface area contributed by atoms with Crippen molar-refractivity contribution in [3.05, 3.63) is 0 Å². The van der Waals surface area contributed by atoms with Gasteiger partial charge >= 0.3 is 0 Å². The van der Waals surface area contributed by atoms with Crippen LogP contribution in [-0.4, -0.2) is 61.2 Å². The predicted octanol–water partition coefficient (Wildman–Crippen LogP) is 1.79. The standard InChI is InChI=1S/C14H31N3/c1-6-14(7-2)15-10-12(3)17-9-8-16(5)11-13(17)4/h12-15H,6-11H2,1-5H3. The van der Waals surface area contributed by atoms with Crippen LogP contribution in [0.25, 0.3) is 0 Å². The van der Waals surface area contributed by atoms with Crippen molar-refractivity contribution in [1.82, 2.24) is 15.1 Å². The van der Waals surface area contributed by atoms with Gasteiger partial charge in [-0.05, 0) is 33.7 Å². The fraction of sp³-hybridized carbons (Fsp3) is 1.00. The van der Waals surface area contributed by atoms with E-state index in [1.807, 2.05) is 0 Å². The third-order valence-electron chi connectivity index (χ3n) is 4.14. The van der Waals surface area contributed by atoms with E-state index in [1.54, 1.807) is 0 Å². The molecule has 1 saturated heterocycles. The number of rotatable bonds is 6. The third kappa shape index (κ3) is 4.57. The van der Waals surface area contributed by atoms with Crippen LogP contribution in [0, 0.1) is 0 Å². The number of hydrogen-bond acceptors (Lipinski definition) is 3. The summed E-state index contributed by atoms with van der Waals surface area (Å²) in [6, 6.07) is 2.03. The van der Waals surface area contributed by atoms with Crippen molar-refractivity contribution in [2.75, 3.05) is 33.2 Å². The van der Waals surface area contributed by atoms with Crippen LogP contribution in [-0.2, 0) is 0 Å². The van der Waals surface area contributed by atoms with Crippen LogP contribution < -0.4 is 5.32 Å². The van der Waals surface area contributed by atoms with Crippen molar-refractivity contribution in [3.8, 4) is 0 Å². The Morgan fingerprint density at radius 3 is 2.41 bits per heavy atom. The Balaban J connectivity index is 2.34. The summed E-state index contributed by atoms with van der Waals surface area (Å²) >= 11 is 0. The maximum Gasteiger partial charge on any atom is 0.0198 e. The molecule has 3 heteroatoms. The van der Waals surface area contributed by atoms with E-state index >= 15 is 0 Å². The maximum atomic E-state index is 3.69. The molecule has 0 aromatic rings. The molecule has 1 rings (SSSR count). The number of nitrogens with zero attached hydrogens (tertiary/aromatic N) is 2. The van der Waals surface area contributed by atoms with Crippen LogP contribution in [0.4, 0.5) is 0 Å². The lowest BCUT2D eigenvalue weighted by Crippen LogP contribution is -2.56. The Hall–Kier alpha value is -0.120. The van der Waals surface area contributed by atoms with Gasteiger partial charge in [-0.3, -0.25) is 4.90 Å². The molecule has 0 bridgehead atoms. The highest BCUT2D eigenvalue weighted by atomic mass is 15.3. The maximum absolute atomic E-state index is 3.69. The van der Waals surface area contributed by atoms with Crippen molar-refractivity contribution < 1.29 is 0 Å². The molecule has 0 saturated carbocycles. The highest BCUT2D eigenvalue weighted by molar-refractivity contribution is 4.82. The van der Waals surface area contributed by atoms with Gasteiger partial charge in [0.25, 0.3) is 0 Å². The molecular formula is C14H31N3. The van der Waals surface area contributed by atoms with Crippen LogP contribution in [0.5, 0.6) is 0 Å². The van der Waals surface area contributed by atoms with Gasteiger partial charge in [-0.2, -0.15) is 0 Å². The summed E-state index contributed by atoms with van der Waals surface area (Å²) in [7, 11) is 2.22. The fourth-order valence-corrected chi connectivity index (χ4v) is 2.84. The molecule has 2 atom stereocenters. The van der Waals surface area contributed by atoms with Gasteiger partial charge < -0.3 is 10.2 Å². The zero-order valence-corrected chi connectivity index (χ0v) is 12.4. The van der Waals surface area contributed by atoms with Gasteiger partial charge in [0.15, 0.2) is 0 Å². The lowest BCUT2D eigenvalue weighted by Gasteiger charge is -2.42. The summed E-state index contributed by atoms with van der Waals surface area (Å²) < 4.78 is 0. The molecule has 0 aromatic carbocycles. The van der Waals surface area contributed by atoms with E-state index in [9.17, 15) is 0 Å². The Kier molecular flexibility index (Phi) is 6.45. The molecule has 0 amide bonds. The van der Waals surface area contributed by atoms with E-state index in [-0.39, 0.29) is 0 Å². The van der Waals surface area contributed by atoms with Crippen molar-refractivity contribution in [1.29, 1.82) is 0 Å². The third-order valence-corrected chi connectivity index (χ3v) is 4.14. The summed E-state index contributed by atoms with van der Waals surface area (Å²) in [5.74, 6) is 0. The topological polar surface area (TPSA) is 18.5 Å². The molecule has 1 aliphatic rings. The number of hydrogen-bond donors (Lipinski definition) is 1. The van der Waals surface area contributed by atoms with Gasteiger partial charge in [-0.15, -0.1) is 0 Å². The quantitative estimate of drug-likeness (QED) is 0.765. The van der Waals surface area contributed by atoms with Crippen molar-refractivity contribution in [2.45, 2.75) is 58.7 Å². The lowest BCUT2D eigenvalue weighted by atomic mass is 10.1. The van der Waals surface area contributed by atoms with Gasteiger partial charge in [0.2, 0.25) is 0 Å². The number of nitrogens with one attached hydrogen (secondary N) is 1. The first kappa shape index (κ1) is 14.9. The SMILES string of the molecule is CCC(CC)NCC(C)N1CCN(C)CC1C. The Morgan fingerprint density at radius 1 is 1.24 bits per heavy atom. The first-order valence-electron chi connectivity index (χ1n) is 7.26. The second-order valence-corrected chi connectivity index (χ2v) is 5.62. The van der Waals surface area contributed by atoms with Crippen LogP contribution in [0.2, 0.25) is 0 Å². The van der Waals surface area contributed by atoms with Crippen LogP contribution >= 0.6 is 0 Å². The summed E-state index contributed by atoms with van der Waals surface area (Å²) in [5.41, 5.74) is 0. The smallest absolute Gasteiger partial charge is 0.0198 e. The molecule has 17 heavy (non-hydrogen) atoms. The van der Waals surface area contributed by atoms with Gasteiger partial charge in [0.05, 0.1) is 0 Å². The van der Waals surface area contributed by atoms with E-state index in [0.717, 1.165) is 6.54 Å². The molecule has 0 spiro atoms. The zero-order chi connectivity index (χ0) is 12.8. The largest absolute Gasteiger partial charge is 0.312 e. The van der Waals surface area contributed by atoms with Crippen molar-refractivity contribution >= 4 is 0 Å². The molecule has 0 aromatic heterocycles. The predicted molar refractivity (Wildman–Crippen MR) is 75.5 cm³/mol. The highest BCUT2D eigenvalue weighted by Gasteiger charge is 2.25. The van der Waals surface area contributed by atoms with E-state index in [2.05, 4.69) is 49.9 Å². The zero-order valence-electron chi connectivity index (χ0n) is 12.4. The average Bonchev–Trinajstić information content (AvgIpc) is 2.30. The molecule has 1 N–H and O–H groups in total. The van der Waals surface area contributed by atoms with Crippen LogP contribution in [0.15, 0.2) is 0 Å². The summed E-state index contributed by atoms with van der Waals surface area (Å²) in [4.78, 5) is 5.08. The molecule has 0 aliphatic carbocycles. The van der Waals surface area contributed by atoms with Gasteiger partial charge in [0, 0.05) is 44.3 Å². The first-order valence-corrected chi connectivity index (χ1v) is 7.26. The second kappa shape index (κ2) is 7.34. The summed E-state index contributed by atoms with van der Waals surface area (Å²) in [5, 5.41) is 3.69. The van der Waals surface area contributed by atoms with E-state index < -0.39 is 0 Å². The van der Waals surface area contributed by atoms with Crippen molar-refractivity contribution in [3.63, 3.8) is 0 Å². The highest BCUT2D eigenvalue weighted by Crippen LogP contribution is 2.11. The average molecular weight is 241 g/mol. The minimum Gasteiger partial charge on any atom is -0.312 e. The summed E-state index contributed by atoms with van der Waals surface area (Å²) in [6.07, 6.45) is 2.48. The van der Waals surface area contributed by atoms with Gasteiger partial charge in [-0.25, -0.2) is 0 Å². The molecule has 3 nitrogen and oxygen atoms in total. The monoisotopic (exact) mass is 241 g/mol. The lowest BCUT2D eigenvalue weighted by molar-refractivity contribution is 0.0662. The molecular weight excluding hydrogens is 210 g/mol. The first-order chi connectivity index (χ1) is 8.08. The van der Waals surface area contributed by atoms with Crippen molar-refractivity contribution in [2.24, 2.45) is 0 Å².